The van der Waals surface area contributed by atoms with E-state index in [4.69, 9.17) is 4.74 Å². The second-order valence-corrected chi connectivity index (χ2v) is 9.01. The van der Waals surface area contributed by atoms with Crippen LogP contribution in [0.4, 0.5) is 10.8 Å². The van der Waals surface area contributed by atoms with Gasteiger partial charge in [0.15, 0.2) is 0 Å². The first kappa shape index (κ1) is 23.0. The number of aromatic nitrogens is 2. The molecule has 7 nitrogen and oxygen atoms in total. The molecule has 33 heavy (non-hydrogen) atoms. The van der Waals surface area contributed by atoms with Crippen molar-refractivity contribution in [1.82, 2.24) is 14.3 Å². The van der Waals surface area contributed by atoms with Gasteiger partial charge in [0.25, 0.3) is 0 Å². The fourth-order valence-electron chi connectivity index (χ4n) is 3.92. The van der Waals surface area contributed by atoms with Crippen molar-refractivity contribution in [3.63, 3.8) is 0 Å². The van der Waals surface area contributed by atoms with Gasteiger partial charge in [-0.05, 0) is 31.5 Å². The fraction of sp³-hybridized carbons (Fsp3) is 0.400. The van der Waals surface area contributed by atoms with E-state index in [0.29, 0.717) is 32.7 Å². The second kappa shape index (κ2) is 10.7. The van der Waals surface area contributed by atoms with Gasteiger partial charge in [0, 0.05) is 51.2 Å². The highest BCUT2D eigenvalue weighted by Crippen LogP contribution is 2.29. The van der Waals surface area contributed by atoms with E-state index in [2.05, 4.69) is 51.5 Å². The van der Waals surface area contributed by atoms with Gasteiger partial charge in [0.1, 0.15) is 11.6 Å². The van der Waals surface area contributed by atoms with Gasteiger partial charge in [0.05, 0.1) is 18.8 Å². The van der Waals surface area contributed by atoms with E-state index in [9.17, 15) is 4.79 Å². The number of nitrogens with zero attached hydrogens (tertiary/aromatic N) is 5. The number of amides is 1. The average Bonchev–Trinajstić information content (AvgIpc) is 3.30. The predicted molar refractivity (Wildman–Crippen MR) is 134 cm³/mol. The number of carbonyl (C=O) groups is 1. The van der Waals surface area contributed by atoms with Crippen LogP contribution in [0.3, 0.4) is 0 Å². The molecule has 2 aromatic carbocycles. The van der Waals surface area contributed by atoms with Crippen LogP contribution in [0.15, 0.2) is 48.5 Å². The Morgan fingerprint density at radius 3 is 2.55 bits per heavy atom. The maximum absolute atomic E-state index is 12.9. The van der Waals surface area contributed by atoms with Gasteiger partial charge in [-0.3, -0.25) is 4.79 Å². The van der Waals surface area contributed by atoms with Crippen LogP contribution >= 0.6 is 11.5 Å². The molecule has 8 heteroatoms. The molecule has 0 atom stereocenters. The van der Waals surface area contributed by atoms with Crippen molar-refractivity contribution in [3.8, 4) is 5.75 Å². The molecule has 2 heterocycles. The molecule has 1 fully saturated rings. The van der Waals surface area contributed by atoms with Gasteiger partial charge in [-0.2, -0.15) is 4.37 Å². The SMILES string of the molecule is CCOc1ccccc1N1CCN(C(=O)CN(C)c2nc(Cc3ccc(C)cc3)ns2)CC1. The van der Waals surface area contributed by atoms with Crippen LogP contribution in [-0.2, 0) is 11.2 Å². The number of carbonyl (C=O) groups excluding carboxylic acids is 1. The summed E-state index contributed by atoms with van der Waals surface area (Å²) in [5.74, 6) is 1.81. The van der Waals surface area contributed by atoms with Crippen molar-refractivity contribution in [2.75, 3.05) is 56.2 Å². The molecule has 0 saturated carbocycles. The maximum atomic E-state index is 12.9. The summed E-state index contributed by atoms with van der Waals surface area (Å²) in [5.41, 5.74) is 3.52. The molecule has 1 amide bonds. The Morgan fingerprint density at radius 2 is 1.82 bits per heavy atom. The van der Waals surface area contributed by atoms with Gasteiger partial charge >= 0.3 is 0 Å². The molecule has 0 radical (unpaired) electrons. The van der Waals surface area contributed by atoms with Crippen molar-refractivity contribution in [2.45, 2.75) is 20.3 Å². The van der Waals surface area contributed by atoms with E-state index < -0.39 is 0 Å². The first-order valence-corrected chi connectivity index (χ1v) is 12.1. The van der Waals surface area contributed by atoms with Crippen LogP contribution in [0.2, 0.25) is 0 Å². The van der Waals surface area contributed by atoms with Gasteiger partial charge in [-0.15, -0.1) is 0 Å². The molecule has 0 aliphatic carbocycles. The summed E-state index contributed by atoms with van der Waals surface area (Å²) < 4.78 is 10.3. The number of piperazine rings is 1. The molecular formula is C25H31N5O2S. The number of rotatable bonds is 8. The number of benzene rings is 2. The Kier molecular flexibility index (Phi) is 7.44. The third-order valence-electron chi connectivity index (χ3n) is 5.78. The zero-order valence-corrected chi connectivity index (χ0v) is 20.3. The van der Waals surface area contributed by atoms with Gasteiger partial charge in [0.2, 0.25) is 11.0 Å². The number of hydrogen-bond donors (Lipinski definition) is 0. The topological polar surface area (TPSA) is 61.8 Å². The highest BCUT2D eigenvalue weighted by Gasteiger charge is 2.24. The molecule has 3 aromatic rings. The normalized spacial score (nSPS) is 13.8. The maximum Gasteiger partial charge on any atom is 0.242 e. The molecule has 174 valence electrons. The van der Waals surface area contributed by atoms with Gasteiger partial charge in [-0.25, -0.2) is 4.98 Å². The summed E-state index contributed by atoms with van der Waals surface area (Å²) in [4.78, 5) is 23.7. The Bertz CT molecular complexity index is 1060. The smallest absolute Gasteiger partial charge is 0.242 e. The van der Waals surface area contributed by atoms with Crippen LogP contribution in [0.5, 0.6) is 5.75 Å². The average molecular weight is 466 g/mol. The van der Waals surface area contributed by atoms with Crippen LogP contribution in [-0.4, -0.2) is 66.5 Å². The minimum Gasteiger partial charge on any atom is -0.492 e. The van der Waals surface area contributed by atoms with Crippen molar-refractivity contribution in [2.24, 2.45) is 0 Å². The van der Waals surface area contributed by atoms with Crippen molar-refractivity contribution in [3.05, 3.63) is 65.5 Å². The monoisotopic (exact) mass is 465 g/mol. The molecular weight excluding hydrogens is 434 g/mol. The number of hydrogen-bond acceptors (Lipinski definition) is 7. The Morgan fingerprint density at radius 1 is 1.09 bits per heavy atom. The lowest BCUT2D eigenvalue weighted by atomic mass is 10.1. The predicted octanol–water partition coefficient (Wildman–Crippen LogP) is 3.62. The standard InChI is InChI=1S/C25H31N5O2S/c1-4-32-22-8-6-5-7-21(22)29-13-15-30(16-14-29)24(31)18-28(3)25-26-23(27-33-25)17-20-11-9-19(2)10-12-20/h5-12H,4,13-18H2,1-3H3. The fourth-order valence-corrected chi connectivity index (χ4v) is 4.57. The molecule has 0 bridgehead atoms. The third-order valence-corrected chi connectivity index (χ3v) is 6.65. The molecule has 4 rings (SSSR count). The van der Waals surface area contributed by atoms with E-state index in [0.717, 1.165) is 35.5 Å². The molecule has 1 aromatic heterocycles. The summed E-state index contributed by atoms with van der Waals surface area (Å²) >= 11 is 1.34. The van der Waals surface area contributed by atoms with E-state index in [-0.39, 0.29) is 5.91 Å². The molecule has 1 aliphatic rings. The van der Waals surface area contributed by atoms with E-state index in [1.54, 1.807) is 0 Å². The quantitative estimate of drug-likeness (QED) is 0.506. The van der Waals surface area contributed by atoms with Crippen molar-refractivity contribution < 1.29 is 9.53 Å². The second-order valence-electron chi connectivity index (χ2n) is 8.28. The molecule has 1 aliphatic heterocycles. The summed E-state index contributed by atoms with van der Waals surface area (Å²) in [7, 11) is 1.91. The minimum atomic E-state index is 0.116. The van der Waals surface area contributed by atoms with Gasteiger partial charge < -0.3 is 19.4 Å². The van der Waals surface area contributed by atoms with Crippen molar-refractivity contribution >= 4 is 28.3 Å². The lowest BCUT2D eigenvalue weighted by molar-refractivity contribution is -0.129. The zero-order valence-electron chi connectivity index (χ0n) is 19.5. The molecule has 1 saturated heterocycles. The van der Waals surface area contributed by atoms with Crippen LogP contribution < -0.4 is 14.5 Å². The highest BCUT2D eigenvalue weighted by atomic mass is 32.1. The van der Waals surface area contributed by atoms with E-state index in [1.165, 1.54) is 22.7 Å². The minimum absolute atomic E-state index is 0.116. The third kappa shape index (κ3) is 5.82. The van der Waals surface area contributed by atoms with E-state index >= 15 is 0 Å². The summed E-state index contributed by atoms with van der Waals surface area (Å²) in [6, 6.07) is 16.5. The summed E-state index contributed by atoms with van der Waals surface area (Å²) in [5, 5.41) is 0.773. The molecule has 0 spiro atoms. The zero-order chi connectivity index (χ0) is 23.2. The van der Waals surface area contributed by atoms with Crippen LogP contribution in [0.1, 0.15) is 23.9 Å². The van der Waals surface area contributed by atoms with E-state index in [1.807, 2.05) is 42.0 Å². The summed E-state index contributed by atoms with van der Waals surface area (Å²) in [6.07, 6.45) is 0.698. The first-order chi connectivity index (χ1) is 16.0. The number of para-hydroxylation sites is 2. The van der Waals surface area contributed by atoms with Crippen LogP contribution in [0, 0.1) is 6.92 Å². The lowest BCUT2D eigenvalue weighted by Gasteiger charge is -2.37. The Hall–Kier alpha value is -3.13. The Balaban J connectivity index is 1.29. The number of ether oxygens (including phenoxy) is 1. The van der Waals surface area contributed by atoms with Crippen LogP contribution in [0.25, 0.3) is 0 Å². The summed E-state index contributed by atoms with van der Waals surface area (Å²) in [6.45, 7) is 7.98. The highest BCUT2D eigenvalue weighted by molar-refractivity contribution is 7.09. The first-order valence-electron chi connectivity index (χ1n) is 11.4. The molecule has 0 N–H and O–H groups in total. The number of likely N-dealkylation sites (N-methyl/N-ethyl adjacent to an activating group) is 1. The largest absolute Gasteiger partial charge is 0.492 e. The van der Waals surface area contributed by atoms with Crippen molar-refractivity contribution in [1.29, 1.82) is 0 Å². The van der Waals surface area contributed by atoms with Gasteiger partial charge in [-0.1, -0.05) is 42.0 Å². The Labute approximate surface area is 199 Å². The number of aryl methyl sites for hydroxylation is 1. The lowest BCUT2D eigenvalue weighted by Crippen LogP contribution is -2.51. The molecule has 0 unspecified atom stereocenters. The number of anilines is 2.